The predicted molar refractivity (Wildman–Crippen MR) is 84.3 cm³/mol. The maximum atomic E-state index is 13.3. The number of nitrogens with zero attached hydrogens (tertiary/aromatic N) is 1. The van der Waals surface area contributed by atoms with Gasteiger partial charge >= 0.3 is 0 Å². The molecule has 20 heavy (non-hydrogen) atoms. The van der Waals surface area contributed by atoms with Gasteiger partial charge in [0.2, 0.25) is 0 Å². The van der Waals surface area contributed by atoms with E-state index in [1.807, 2.05) is 6.07 Å². The lowest BCUT2D eigenvalue weighted by Gasteiger charge is -2.46. The van der Waals surface area contributed by atoms with Crippen LogP contribution < -0.4 is 5.73 Å². The third kappa shape index (κ3) is 3.58. The Morgan fingerprint density at radius 3 is 2.20 bits per heavy atom. The average Bonchev–Trinajstić information content (AvgIpc) is 2.44. The predicted octanol–water partition coefficient (Wildman–Crippen LogP) is 3.60. The van der Waals surface area contributed by atoms with Crippen LogP contribution in [-0.4, -0.2) is 29.6 Å². The first-order chi connectivity index (χ1) is 9.53. The molecule has 0 saturated carbocycles. The molecule has 2 nitrogen and oxygen atoms in total. The van der Waals surface area contributed by atoms with E-state index in [2.05, 4.69) is 32.6 Å². The number of benzene rings is 1. The molecule has 0 radical (unpaired) electrons. The van der Waals surface area contributed by atoms with Gasteiger partial charge in [-0.05, 0) is 50.0 Å². The lowest BCUT2D eigenvalue weighted by atomic mass is 9.80. The van der Waals surface area contributed by atoms with Gasteiger partial charge in [-0.3, -0.25) is 4.90 Å². The minimum absolute atomic E-state index is 0.00415. The third-order valence-corrected chi connectivity index (χ3v) is 4.65. The number of hydrogen-bond donors (Lipinski definition) is 1. The van der Waals surface area contributed by atoms with Crippen molar-refractivity contribution in [2.75, 3.05) is 13.1 Å². The molecule has 0 aliphatic rings. The normalized spacial score (nSPS) is 13.8. The van der Waals surface area contributed by atoms with Gasteiger partial charge in [0, 0.05) is 11.6 Å². The Labute approximate surface area is 123 Å². The van der Waals surface area contributed by atoms with Gasteiger partial charge < -0.3 is 5.73 Å². The molecular weight excluding hydrogens is 251 g/mol. The molecule has 1 atom stereocenters. The first-order valence-electron chi connectivity index (χ1n) is 7.79. The minimum atomic E-state index is -0.184. The second-order valence-electron chi connectivity index (χ2n) is 5.42. The zero-order valence-corrected chi connectivity index (χ0v) is 13.3. The molecule has 1 aromatic rings. The van der Waals surface area contributed by atoms with E-state index in [1.165, 1.54) is 6.07 Å². The van der Waals surface area contributed by atoms with Crippen molar-refractivity contribution >= 4 is 0 Å². The summed E-state index contributed by atoms with van der Waals surface area (Å²) in [5.74, 6) is -0.184. The first-order valence-corrected chi connectivity index (χ1v) is 7.79. The van der Waals surface area contributed by atoms with Crippen molar-refractivity contribution in [1.82, 2.24) is 4.90 Å². The van der Waals surface area contributed by atoms with Crippen molar-refractivity contribution in [2.24, 2.45) is 5.73 Å². The minimum Gasteiger partial charge on any atom is -0.326 e. The van der Waals surface area contributed by atoms with Gasteiger partial charge in [-0.25, -0.2) is 4.39 Å². The van der Waals surface area contributed by atoms with Crippen molar-refractivity contribution in [2.45, 2.75) is 58.5 Å². The van der Waals surface area contributed by atoms with Crippen LogP contribution in [0.15, 0.2) is 24.3 Å². The summed E-state index contributed by atoms with van der Waals surface area (Å²) in [7, 11) is 0. The Balaban J connectivity index is 2.96. The monoisotopic (exact) mass is 280 g/mol. The van der Waals surface area contributed by atoms with Gasteiger partial charge in [0.25, 0.3) is 0 Å². The summed E-state index contributed by atoms with van der Waals surface area (Å²) in [5.41, 5.74) is 7.52. The zero-order valence-electron chi connectivity index (χ0n) is 13.3. The number of hydrogen-bond acceptors (Lipinski definition) is 2. The largest absolute Gasteiger partial charge is 0.326 e. The summed E-state index contributed by atoms with van der Waals surface area (Å²) < 4.78 is 13.3. The van der Waals surface area contributed by atoms with Crippen LogP contribution in [-0.2, 0) is 6.42 Å². The molecule has 0 spiro atoms. The fourth-order valence-electron chi connectivity index (χ4n) is 3.42. The third-order valence-electron chi connectivity index (χ3n) is 4.65. The Bertz CT molecular complexity index is 398. The fraction of sp³-hybridized carbons (Fsp3) is 0.647. The number of nitrogens with two attached hydrogens (primary N) is 1. The number of halogens is 1. The SMILES string of the molecule is CCN(CC)C(CC)(CC)C(N)Cc1cccc(F)c1. The molecule has 0 saturated heterocycles. The molecule has 0 aromatic heterocycles. The van der Waals surface area contributed by atoms with Crippen LogP contribution in [0.5, 0.6) is 0 Å². The highest BCUT2D eigenvalue weighted by Crippen LogP contribution is 2.28. The van der Waals surface area contributed by atoms with Crippen molar-refractivity contribution in [1.29, 1.82) is 0 Å². The Hall–Kier alpha value is -0.930. The molecule has 0 fully saturated rings. The molecule has 3 heteroatoms. The maximum Gasteiger partial charge on any atom is 0.123 e. The summed E-state index contributed by atoms with van der Waals surface area (Å²) in [6, 6.07) is 6.80. The topological polar surface area (TPSA) is 29.3 Å². The second kappa shape index (κ2) is 7.75. The highest BCUT2D eigenvalue weighted by Gasteiger charge is 2.37. The van der Waals surface area contributed by atoms with Gasteiger partial charge in [-0.2, -0.15) is 0 Å². The smallest absolute Gasteiger partial charge is 0.123 e. The highest BCUT2D eigenvalue weighted by molar-refractivity contribution is 5.19. The van der Waals surface area contributed by atoms with Crippen LogP contribution in [0.25, 0.3) is 0 Å². The number of rotatable bonds is 8. The standard InChI is InChI=1S/C17H29FN2/c1-5-17(6-2,20(7-3)8-4)16(19)13-14-10-9-11-15(18)12-14/h9-12,16H,5-8,13,19H2,1-4H3. The van der Waals surface area contributed by atoms with E-state index in [9.17, 15) is 4.39 Å². The lowest BCUT2D eigenvalue weighted by molar-refractivity contribution is 0.0628. The van der Waals surface area contributed by atoms with Crippen molar-refractivity contribution in [3.63, 3.8) is 0 Å². The molecule has 0 aliphatic heterocycles. The van der Waals surface area contributed by atoms with Crippen molar-refractivity contribution in [3.05, 3.63) is 35.6 Å². The summed E-state index contributed by atoms with van der Waals surface area (Å²) in [6.45, 7) is 10.8. The van der Waals surface area contributed by atoms with Gasteiger partial charge in [-0.15, -0.1) is 0 Å². The summed E-state index contributed by atoms with van der Waals surface area (Å²) in [6.07, 6.45) is 2.75. The molecule has 2 N–H and O–H groups in total. The lowest BCUT2D eigenvalue weighted by Crippen LogP contribution is -2.60. The van der Waals surface area contributed by atoms with Crippen LogP contribution >= 0.6 is 0 Å². The summed E-state index contributed by atoms with van der Waals surface area (Å²) in [5, 5.41) is 0. The van der Waals surface area contributed by atoms with E-state index in [-0.39, 0.29) is 17.4 Å². The van der Waals surface area contributed by atoms with E-state index < -0.39 is 0 Å². The zero-order chi connectivity index (χ0) is 15.2. The Morgan fingerprint density at radius 1 is 1.15 bits per heavy atom. The van der Waals surface area contributed by atoms with E-state index in [0.29, 0.717) is 0 Å². The van der Waals surface area contributed by atoms with Crippen molar-refractivity contribution in [3.8, 4) is 0 Å². The molecule has 1 rings (SSSR count). The molecule has 114 valence electrons. The summed E-state index contributed by atoms with van der Waals surface area (Å²) >= 11 is 0. The van der Waals surface area contributed by atoms with Gasteiger partial charge in [0.15, 0.2) is 0 Å². The van der Waals surface area contributed by atoms with E-state index in [1.54, 1.807) is 12.1 Å². The Kier molecular flexibility index (Phi) is 6.63. The average molecular weight is 280 g/mol. The molecule has 1 unspecified atom stereocenters. The summed E-state index contributed by atoms with van der Waals surface area (Å²) in [4.78, 5) is 2.46. The first kappa shape index (κ1) is 17.1. The van der Waals surface area contributed by atoms with E-state index >= 15 is 0 Å². The van der Waals surface area contributed by atoms with Crippen LogP contribution in [0, 0.1) is 5.82 Å². The Morgan fingerprint density at radius 2 is 1.75 bits per heavy atom. The molecular formula is C17H29FN2. The second-order valence-corrected chi connectivity index (χ2v) is 5.42. The van der Waals surface area contributed by atoms with Crippen LogP contribution in [0.1, 0.15) is 46.1 Å². The van der Waals surface area contributed by atoms with Crippen LogP contribution in [0.2, 0.25) is 0 Å². The molecule has 0 amide bonds. The van der Waals surface area contributed by atoms with Gasteiger partial charge in [0.1, 0.15) is 5.82 Å². The van der Waals surface area contributed by atoms with Crippen molar-refractivity contribution < 1.29 is 4.39 Å². The van der Waals surface area contributed by atoms with Gasteiger partial charge in [0.05, 0.1) is 0 Å². The van der Waals surface area contributed by atoms with Gasteiger partial charge in [-0.1, -0.05) is 39.8 Å². The molecule has 0 bridgehead atoms. The maximum absolute atomic E-state index is 13.3. The van der Waals surface area contributed by atoms with E-state index in [4.69, 9.17) is 5.73 Å². The molecule has 0 aliphatic carbocycles. The van der Waals surface area contributed by atoms with Crippen LogP contribution in [0.4, 0.5) is 4.39 Å². The number of likely N-dealkylation sites (N-methyl/N-ethyl adjacent to an activating group) is 1. The fourth-order valence-corrected chi connectivity index (χ4v) is 3.42. The highest BCUT2D eigenvalue weighted by atomic mass is 19.1. The quantitative estimate of drug-likeness (QED) is 0.788. The van der Waals surface area contributed by atoms with E-state index in [0.717, 1.165) is 37.9 Å². The molecule has 1 aromatic carbocycles. The molecule has 0 heterocycles. The van der Waals surface area contributed by atoms with Crippen LogP contribution in [0.3, 0.4) is 0 Å².